The second kappa shape index (κ2) is 6.55. The summed E-state index contributed by atoms with van der Waals surface area (Å²) in [5.74, 6) is 0.729. The smallest absolute Gasteiger partial charge is 0.220 e. The molecule has 0 saturated carbocycles. The number of carbonyl (C=O) groups excluding carboxylic acids is 1. The number of piperidine rings is 1. The maximum absolute atomic E-state index is 12.0. The molecule has 98 valence electrons. The fourth-order valence-corrected chi connectivity index (χ4v) is 2.47. The van der Waals surface area contributed by atoms with E-state index < -0.39 is 0 Å². The van der Waals surface area contributed by atoms with Crippen molar-refractivity contribution < 1.29 is 4.79 Å². The quantitative estimate of drug-likeness (QED) is 0.855. The standard InChI is InChI=1S/C15H22N2O/c1-12(14-5-3-2-4-6-14)17-15(18)11-13-7-9-16-10-8-13/h2-6,12-13,16H,7-11H2,1H3,(H,17,18). The summed E-state index contributed by atoms with van der Waals surface area (Å²) >= 11 is 0. The molecule has 1 unspecified atom stereocenters. The van der Waals surface area contributed by atoms with Crippen molar-refractivity contribution in [1.82, 2.24) is 10.6 Å². The Hall–Kier alpha value is -1.35. The van der Waals surface area contributed by atoms with Crippen molar-refractivity contribution in [3.63, 3.8) is 0 Å². The normalized spacial score (nSPS) is 18.3. The number of amides is 1. The minimum absolute atomic E-state index is 0.0976. The topological polar surface area (TPSA) is 41.1 Å². The molecule has 0 aromatic heterocycles. The van der Waals surface area contributed by atoms with Gasteiger partial charge in [-0.1, -0.05) is 30.3 Å². The lowest BCUT2D eigenvalue weighted by Gasteiger charge is -2.23. The van der Waals surface area contributed by atoms with E-state index in [2.05, 4.69) is 22.8 Å². The molecule has 3 heteroatoms. The van der Waals surface area contributed by atoms with Gasteiger partial charge in [0, 0.05) is 6.42 Å². The molecule has 3 nitrogen and oxygen atoms in total. The number of carbonyl (C=O) groups is 1. The predicted molar refractivity (Wildman–Crippen MR) is 73.2 cm³/mol. The van der Waals surface area contributed by atoms with Gasteiger partial charge in [-0.05, 0) is 44.3 Å². The Balaban J connectivity index is 1.80. The van der Waals surface area contributed by atoms with Gasteiger partial charge < -0.3 is 10.6 Å². The van der Waals surface area contributed by atoms with E-state index >= 15 is 0 Å². The van der Waals surface area contributed by atoms with Crippen LogP contribution in [-0.2, 0) is 4.79 Å². The maximum Gasteiger partial charge on any atom is 0.220 e. The van der Waals surface area contributed by atoms with Gasteiger partial charge in [-0.15, -0.1) is 0 Å². The van der Waals surface area contributed by atoms with Crippen LogP contribution in [0, 0.1) is 5.92 Å². The molecule has 1 atom stereocenters. The van der Waals surface area contributed by atoms with Gasteiger partial charge in [0.15, 0.2) is 0 Å². The van der Waals surface area contributed by atoms with Crippen LogP contribution >= 0.6 is 0 Å². The zero-order valence-electron chi connectivity index (χ0n) is 11.0. The third-order valence-corrected chi connectivity index (χ3v) is 3.61. The van der Waals surface area contributed by atoms with Gasteiger partial charge in [0.05, 0.1) is 6.04 Å². The first-order chi connectivity index (χ1) is 8.75. The molecule has 1 fully saturated rings. The van der Waals surface area contributed by atoms with E-state index in [4.69, 9.17) is 0 Å². The summed E-state index contributed by atoms with van der Waals surface area (Å²) in [5, 5.41) is 6.41. The van der Waals surface area contributed by atoms with E-state index in [1.54, 1.807) is 0 Å². The molecule has 1 amide bonds. The van der Waals surface area contributed by atoms with Crippen LogP contribution in [0.4, 0.5) is 0 Å². The molecular weight excluding hydrogens is 224 g/mol. The zero-order valence-corrected chi connectivity index (χ0v) is 11.0. The van der Waals surface area contributed by atoms with Crippen LogP contribution in [0.5, 0.6) is 0 Å². The molecule has 1 saturated heterocycles. The van der Waals surface area contributed by atoms with Gasteiger partial charge >= 0.3 is 0 Å². The SMILES string of the molecule is CC(NC(=O)CC1CCNCC1)c1ccccc1. The number of hydrogen-bond donors (Lipinski definition) is 2. The van der Waals surface area contributed by atoms with E-state index in [0.717, 1.165) is 31.5 Å². The number of nitrogens with one attached hydrogen (secondary N) is 2. The van der Waals surface area contributed by atoms with Crippen molar-refractivity contribution in [1.29, 1.82) is 0 Å². The predicted octanol–water partition coefficient (Wildman–Crippen LogP) is 2.25. The van der Waals surface area contributed by atoms with Crippen LogP contribution in [0.15, 0.2) is 30.3 Å². The molecule has 0 spiro atoms. The third-order valence-electron chi connectivity index (χ3n) is 3.61. The van der Waals surface area contributed by atoms with Crippen molar-refractivity contribution in [2.24, 2.45) is 5.92 Å². The number of hydrogen-bond acceptors (Lipinski definition) is 2. The van der Waals surface area contributed by atoms with Crippen LogP contribution in [0.25, 0.3) is 0 Å². The highest BCUT2D eigenvalue weighted by molar-refractivity contribution is 5.76. The average Bonchev–Trinajstić information content (AvgIpc) is 2.40. The molecule has 0 bridgehead atoms. The monoisotopic (exact) mass is 246 g/mol. The molecule has 0 aliphatic carbocycles. The third kappa shape index (κ3) is 3.84. The summed E-state index contributed by atoms with van der Waals surface area (Å²) in [6, 6.07) is 10.2. The summed E-state index contributed by atoms with van der Waals surface area (Å²) in [4.78, 5) is 12.0. The number of rotatable bonds is 4. The van der Waals surface area contributed by atoms with Gasteiger partial charge in [-0.25, -0.2) is 0 Å². The molecule has 1 heterocycles. The molecule has 18 heavy (non-hydrogen) atoms. The lowest BCUT2D eigenvalue weighted by molar-refractivity contribution is -0.122. The minimum atomic E-state index is 0.0976. The number of benzene rings is 1. The Kier molecular flexibility index (Phi) is 4.76. The minimum Gasteiger partial charge on any atom is -0.350 e. The highest BCUT2D eigenvalue weighted by Gasteiger charge is 2.17. The van der Waals surface area contributed by atoms with Gasteiger partial charge in [0.25, 0.3) is 0 Å². The van der Waals surface area contributed by atoms with E-state index in [1.807, 2.05) is 25.1 Å². The van der Waals surface area contributed by atoms with E-state index in [9.17, 15) is 4.79 Å². The molecule has 1 aliphatic rings. The fraction of sp³-hybridized carbons (Fsp3) is 0.533. The van der Waals surface area contributed by atoms with Gasteiger partial charge in [-0.2, -0.15) is 0 Å². The molecule has 1 aliphatic heterocycles. The van der Waals surface area contributed by atoms with Crippen LogP contribution in [-0.4, -0.2) is 19.0 Å². The molecule has 1 aromatic carbocycles. The van der Waals surface area contributed by atoms with Crippen molar-refractivity contribution in [2.75, 3.05) is 13.1 Å². The Morgan fingerprint density at radius 1 is 1.33 bits per heavy atom. The van der Waals surface area contributed by atoms with Gasteiger partial charge in [-0.3, -0.25) is 4.79 Å². The largest absolute Gasteiger partial charge is 0.350 e. The summed E-state index contributed by atoms with van der Waals surface area (Å²) < 4.78 is 0. The zero-order chi connectivity index (χ0) is 12.8. The second-order valence-electron chi connectivity index (χ2n) is 5.10. The first-order valence-electron chi connectivity index (χ1n) is 6.80. The van der Waals surface area contributed by atoms with Gasteiger partial charge in [0.1, 0.15) is 0 Å². The van der Waals surface area contributed by atoms with E-state index in [0.29, 0.717) is 12.3 Å². The maximum atomic E-state index is 12.0. The second-order valence-corrected chi connectivity index (χ2v) is 5.10. The highest BCUT2D eigenvalue weighted by Crippen LogP contribution is 2.17. The van der Waals surface area contributed by atoms with Crippen LogP contribution in [0.2, 0.25) is 0 Å². The summed E-state index contributed by atoms with van der Waals surface area (Å²) in [5.41, 5.74) is 1.16. The summed E-state index contributed by atoms with van der Waals surface area (Å²) in [7, 11) is 0. The Bertz CT molecular complexity index is 371. The van der Waals surface area contributed by atoms with Crippen molar-refractivity contribution in [2.45, 2.75) is 32.2 Å². The van der Waals surface area contributed by atoms with Crippen LogP contribution < -0.4 is 10.6 Å². The Labute approximate surface area is 109 Å². The molecule has 2 N–H and O–H groups in total. The first kappa shape index (κ1) is 13.1. The van der Waals surface area contributed by atoms with Gasteiger partial charge in [0.2, 0.25) is 5.91 Å². The van der Waals surface area contributed by atoms with E-state index in [1.165, 1.54) is 0 Å². The lowest BCUT2D eigenvalue weighted by atomic mass is 9.94. The lowest BCUT2D eigenvalue weighted by Crippen LogP contribution is -2.33. The van der Waals surface area contributed by atoms with Crippen molar-refractivity contribution >= 4 is 5.91 Å². The van der Waals surface area contributed by atoms with E-state index in [-0.39, 0.29) is 11.9 Å². The Morgan fingerprint density at radius 2 is 2.00 bits per heavy atom. The molecule has 0 radical (unpaired) electrons. The Morgan fingerprint density at radius 3 is 2.67 bits per heavy atom. The molecule has 1 aromatic rings. The molecule has 2 rings (SSSR count). The van der Waals surface area contributed by atoms with Crippen molar-refractivity contribution in [3.8, 4) is 0 Å². The highest BCUT2D eigenvalue weighted by atomic mass is 16.1. The average molecular weight is 246 g/mol. The van der Waals surface area contributed by atoms with Crippen LogP contribution in [0.3, 0.4) is 0 Å². The van der Waals surface area contributed by atoms with Crippen molar-refractivity contribution in [3.05, 3.63) is 35.9 Å². The summed E-state index contributed by atoms with van der Waals surface area (Å²) in [6.45, 7) is 4.13. The molecular formula is C15H22N2O. The first-order valence-corrected chi connectivity index (χ1v) is 6.80. The van der Waals surface area contributed by atoms with Crippen LogP contribution in [0.1, 0.15) is 37.8 Å². The fourth-order valence-electron chi connectivity index (χ4n) is 2.47. The summed E-state index contributed by atoms with van der Waals surface area (Å²) in [6.07, 6.45) is 2.90.